The average molecular weight is 937 g/mol. The predicted octanol–water partition coefficient (Wildman–Crippen LogP) is 5.43. The van der Waals surface area contributed by atoms with E-state index in [-0.39, 0.29) is 54.1 Å². The number of amides is 6. The van der Waals surface area contributed by atoms with Gasteiger partial charge in [0.1, 0.15) is 24.2 Å². The van der Waals surface area contributed by atoms with Gasteiger partial charge in [-0.1, -0.05) is 111 Å². The minimum absolute atomic E-state index is 0.0250. The highest BCUT2D eigenvalue weighted by Crippen LogP contribution is 2.37. The number of hydrogen-bond acceptors (Lipinski definition) is 8. The van der Waals surface area contributed by atoms with E-state index in [1.54, 1.807) is 30.8 Å². The van der Waals surface area contributed by atoms with Crippen LogP contribution >= 0.6 is 0 Å². The van der Waals surface area contributed by atoms with E-state index in [4.69, 9.17) is 0 Å². The lowest BCUT2D eigenvalue weighted by Crippen LogP contribution is -2.57. The van der Waals surface area contributed by atoms with E-state index >= 15 is 0 Å². The molecule has 4 aromatic rings. The number of rotatable bonds is 19. The highest BCUT2D eigenvalue weighted by Gasteiger charge is 2.44. The molecule has 0 aromatic heterocycles. The number of anilines is 2. The van der Waals surface area contributed by atoms with Crippen LogP contribution in [0.25, 0.3) is 0 Å². The molecule has 14 heteroatoms. The molecule has 1 unspecified atom stereocenters. The first-order chi connectivity index (χ1) is 33.6. The second-order valence-electron chi connectivity index (χ2n) is 19.1. The molecule has 0 fully saturated rings. The molecular weight excluding hydrogens is 869 g/mol. The van der Waals surface area contributed by atoms with Gasteiger partial charge in [-0.3, -0.25) is 38.6 Å². The summed E-state index contributed by atoms with van der Waals surface area (Å²) >= 11 is 0. The smallest absolute Gasteiger partial charge is 0.250 e. The van der Waals surface area contributed by atoms with Crippen molar-refractivity contribution in [3.63, 3.8) is 0 Å². The fourth-order valence-electron chi connectivity index (χ4n) is 10.8. The Labute approximate surface area is 406 Å². The summed E-state index contributed by atoms with van der Waals surface area (Å²) in [5, 5.41) is 18.4. The number of fused-ring (bicyclic) bond motifs is 4. The van der Waals surface area contributed by atoms with Crippen molar-refractivity contribution in [2.24, 2.45) is 0 Å². The van der Waals surface area contributed by atoms with Gasteiger partial charge in [-0.25, -0.2) is 0 Å². The lowest BCUT2D eigenvalue weighted by molar-refractivity contribution is -0.130. The zero-order chi connectivity index (χ0) is 48.4. The molecule has 4 aliphatic rings. The second-order valence-corrected chi connectivity index (χ2v) is 19.1. The molecule has 69 heavy (non-hydrogen) atoms. The Kier molecular flexibility index (Phi) is 16.2. The van der Waals surface area contributed by atoms with Crippen LogP contribution in [0, 0.1) is 0 Å². The number of hydrogen-bond donors (Lipinski definition) is 6. The molecule has 6 amide bonds. The SMILES string of the molecule is CNCC(=O)NC(CCCCCC[C@H](NC(=O)[C@H](C)NC)C(=O)N1c2ccccc2C[C@H]1C(=O)N[C@@H]1CCCc2ccccc21)C(=O)N1c2ccccc2C[C@H]1C(=O)N[C@@H]1CCCc2ccccc21. The van der Waals surface area contributed by atoms with E-state index in [9.17, 15) is 28.8 Å². The molecule has 0 saturated carbocycles. The van der Waals surface area contributed by atoms with Gasteiger partial charge in [0.2, 0.25) is 35.4 Å². The lowest BCUT2D eigenvalue weighted by Gasteiger charge is -2.32. The Morgan fingerprint density at radius 1 is 0.565 bits per heavy atom. The fourth-order valence-corrected chi connectivity index (χ4v) is 10.8. The maximum absolute atomic E-state index is 14.8. The van der Waals surface area contributed by atoms with Crippen LogP contribution in [0.3, 0.4) is 0 Å². The number of nitrogens with zero attached hydrogens (tertiary/aromatic N) is 2. The van der Waals surface area contributed by atoms with E-state index in [1.807, 2.05) is 72.8 Å². The van der Waals surface area contributed by atoms with Crippen LogP contribution in [0.2, 0.25) is 0 Å². The van der Waals surface area contributed by atoms with Gasteiger partial charge < -0.3 is 31.9 Å². The fraction of sp³-hybridized carbons (Fsp3) is 0.455. The Bertz CT molecular complexity index is 2510. The van der Waals surface area contributed by atoms with Gasteiger partial charge in [-0.05, 0) is 118 Å². The summed E-state index contributed by atoms with van der Waals surface area (Å²) < 4.78 is 0. The summed E-state index contributed by atoms with van der Waals surface area (Å²) in [5.74, 6) is -1.76. The Hall–Kier alpha value is -6.38. The van der Waals surface area contributed by atoms with E-state index in [1.165, 1.54) is 11.1 Å². The number of carbonyl (C=O) groups is 6. The van der Waals surface area contributed by atoms with Crippen LogP contribution < -0.4 is 41.7 Å². The summed E-state index contributed by atoms with van der Waals surface area (Å²) in [4.78, 5) is 87.9. The Balaban J connectivity index is 0.936. The maximum atomic E-state index is 14.8. The van der Waals surface area contributed by atoms with Gasteiger partial charge in [0.15, 0.2) is 0 Å². The molecule has 8 rings (SSSR count). The molecule has 6 N–H and O–H groups in total. The van der Waals surface area contributed by atoms with Crippen LogP contribution in [0.15, 0.2) is 97.1 Å². The number of aryl methyl sites for hydroxylation is 2. The maximum Gasteiger partial charge on any atom is 0.250 e. The van der Waals surface area contributed by atoms with Crippen molar-refractivity contribution >= 4 is 46.8 Å². The molecule has 0 spiro atoms. The monoisotopic (exact) mass is 937 g/mol. The van der Waals surface area contributed by atoms with Gasteiger partial charge in [0.25, 0.3) is 0 Å². The number of nitrogens with one attached hydrogen (secondary N) is 6. The first-order valence-electron chi connectivity index (χ1n) is 25.1. The van der Waals surface area contributed by atoms with Gasteiger partial charge >= 0.3 is 0 Å². The first kappa shape index (κ1) is 49.1. The summed E-state index contributed by atoms with van der Waals surface area (Å²) in [6.07, 6.45) is 9.38. The third-order valence-electron chi connectivity index (χ3n) is 14.6. The van der Waals surface area contributed by atoms with Crippen LogP contribution in [-0.4, -0.2) is 86.3 Å². The summed E-state index contributed by atoms with van der Waals surface area (Å²) in [6, 6.07) is 27.3. The van der Waals surface area contributed by atoms with Crippen molar-refractivity contribution in [2.75, 3.05) is 30.4 Å². The van der Waals surface area contributed by atoms with Crippen molar-refractivity contribution in [1.82, 2.24) is 31.9 Å². The van der Waals surface area contributed by atoms with Crippen LogP contribution in [0.5, 0.6) is 0 Å². The molecule has 4 aromatic carbocycles. The molecule has 7 atom stereocenters. The standard InChI is InChI=1S/C55H68N8O6/c1-35(57-3)51(65)61-45(55(69)63-47-31-15-11-21-39(47)33-49(63)53(67)60-43-29-17-23-37-19-9-13-25-41(37)43)27-7-5-4-6-26-44(58-50(64)34-56-2)54(68)62-46-30-14-10-20-38(46)32-48(62)52(66)59-42-28-16-22-36-18-8-12-24-40(36)42/h8-15,18-21,24-25,30-31,35,42-45,48-49,56-57H,4-7,16-17,22-23,26-29,32-34H2,1-3H3,(H,58,64)(H,59,66)(H,60,67)(H,61,65)/t35-,42+,43+,44?,45-,48-,49-/m0/s1. The van der Waals surface area contributed by atoms with Crippen LogP contribution in [-0.2, 0) is 54.5 Å². The van der Waals surface area contributed by atoms with E-state index in [0.717, 1.165) is 60.8 Å². The number of benzene rings is 4. The summed E-state index contributed by atoms with van der Waals surface area (Å²) in [6.45, 7) is 1.76. The average Bonchev–Trinajstić information content (AvgIpc) is 3.96. The molecule has 364 valence electrons. The van der Waals surface area contributed by atoms with E-state index in [2.05, 4.69) is 56.2 Å². The van der Waals surface area contributed by atoms with E-state index < -0.39 is 30.2 Å². The van der Waals surface area contributed by atoms with Gasteiger partial charge in [0, 0.05) is 24.2 Å². The largest absolute Gasteiger partial charge is 0.347 e. The highest BCUT2D eigenvalue weighted by molar-refractivity contribution is 6.08. The number of carbonyl (C=O) groups excluding carboxylic acids is 6. The quantitative estimate of drug-likeness (QED) is 0.0674. The summed E-state index contributed by atoms with van der Waals surface area (Å²) in [7, 11) is 3.36. The molecule has 0 bridgehead atoms. The predicted molar refractivity (Wildman–Crippen MR) is 267 cm³/mol. The van der Waals surface area contributed by atoms with E-state index in [0.29, 0.717) is 62.7 Å². The topological polar surface area (TPSA) is 181 Å². The lowest BCUT2D eigenvalue weighted by atomic mass is 9.87. The molecule has 2 heterocycles. The third-order valence-corrected chi connectivity index (χ3v) is 14.6. The van der Waals surface area contributed by atoms with Crippen LogP contribution in [0.1, 0.15) is 117 Å². The zero-order valence-corrected chi connectivity index (χ0v) is 40.2. The number of likely N-dealkylation sites (N-methyl/N-ethyl adjacent to an activating group) is 2. The van der Waals surface area contributed by atoms with Crippen molar-refractivity contribution < 1.29 is 28.8 Å². The Morgan fingerprint density at radius 3 is 1.46 bits per heavy atom. The molecule has 2 aliphatic heterocycles. The zero-order valence-electron chi connectivity index (χ0n) is 40.2. The van der Waals surface area contributed by atoms with Gasteiger partial charge in [0.05, 0.1) is 24.7 Å². The van der Waals surface area contributed by atoms with Gasteiger partial charge in [-0.2, -0.15) is 0 Å². The number of unbranched alkanes of at least 4 members (excludes halogenated alkanes) is 3. The molecule has 0 saturated heterocycles. The second kappa shape index (κ2) is 22.8. The molecule has 14 nitrogen and oxygen atoms in total. The van der Waals surface area contributed by atoms with Gasteiger partial charge in [-0.15, -0.1) is 0 Å². The molecule has 0 radical (unpaired) electrons. The normalized spacial score (nSPS) is 20.3. The minimum atomic E-state index is -0.902. The molecule has 2 aliphatic carbocycles. The van der Waals surface area contributed by atoms with Crippen molar-refractivity contribution in [3.8, 4) is 0 Å². The first-order valence-corrected chi connectivity index (χ1v) is 25.1. The van der Waals surface area contributed by atoms with Crippen LogP contribution in [0.4, 0.5) is 11.4 Å². The summed E-state index contributed by atoms with van der Waals surface area (Å²) in [5.41, 5.74) is 7.82. The number of para-hydroxylation sites is 2. The minimum Gasteiger partial charge on any atom is -0.347 e. The van der Waals surface area contributed by atoms with Crippen molar-refractivity contribution in [1.29, 1.82) is 0 Å². The Morgan fingerprint density at radius 2 is 1.00 bits per heavy atom. The highest BCUT2D eigenvalue weighted by atomic mass is 16.2. The van der Waals surface area contributed by atoms with Crippen molar-refractivity contribution in [3.05, 3.63) is 130 Å². The molecular formula is C55H68N8O6. The third kappa shape index (κ3) is 11.2. The van der Waals surface area contributed by atoms with Crippen molar-refractivity contribution in [2.45, 2.75) is 139 Å².